The van der Waals surface area contributed by atoms with Gasteiger partial charge in [0.15, 0.2) is 30.9 Å². The van der Waals surface area contributed by atoms with E-state index in [9.17, 15) is 47.5 Å². The second-order valence-electron chi connectivity index (χ2n) is 36.9. The molecular weight excluding hydrogens is 2090 g/mol. The minimum absolute atomic E-state index is 0. The molecule has 754 valence electrons. The van der Waals surface area contributed by atoms with Crippen molar-refractivity contribution >= 4 is 117 Å². The van der Waals surface area contributed by atoms with Gasteiger partial charge in [-0.05, 0) is 172 Å². The molecule has 8 heterocycles. The Balaban J connectivity index is -0.000000140. The zero-order valence-electron chi connectivity index (χ0n) is 85.1. The number of rotatable bonds is 16. The van der Waals surface area contributed by atoms with E-state index in [-0.39, 0.29) is 315 Å². The quantitative estimate of drug-likeness (QED) is 0.0140. The molecular formula is C84H171B3Cl2N12O21SSi3Y4-8. The van der Waals surface area contributed by atoms with E-state index in [0.717, 1.165) is 44.3 Å². The number of nitrogens with one attached hydrogen (secondary N) is 2. The molecule has 16 atom stereocenters. The molecule has 1 aromatic carbocycles. The molecule has 8 fully saturated rings. The Labute approximate surface area is 904 Å². The van der Waals surface area contributed by atoms with Gasteiger partial charge in [0.25, 0.3) is 10.1 Å². The number of halogens is 2. The number of β-amino-alcohol motifs (C(OH)–C–C–N with tert-alkyl or cyclic N) is 3. The number of aryl methyl sites for hydroxylation is 1. The second kappa shape index (κ2) is 71.4. The van der Waals surface area contributed by atoms with Crippen LogP contribution in [0.2, 0.25) is 74.9 Å². The van der Waals surface area contributed by atoms with Gasteiger partial charge in [-0.2, -0.15) is 8.42 Å². The van der Waals surface area contributed by atoms with Gasteiger partial charge in [0.2, 0.25) is 0 Å². The first-order chi connectivity index (χ1) is 54.9. The Hall–Kier alpha value is -0.0190. The predicted octanol–water partition coefficient (Wildman–Crippen LogP) is 10.5. The Morgan fingerprint density at radius 2 is 0.900 bits per heavy atom. The van der Waals surface area contributed by atoms with Crippen LogP contribution in [0.1, 0.15) is 168 Å². The standard InChI is InChI=1S/C19H34BNO5SSi.C13H28BNO4Si.C12H28BNO2Si.C7H11N4O.C7H13N2O.C7H12NO2.C6H11NO3.C5H11NO.C2H3O2.C2H6.4CH3.2ClH.4Y/c1-15-8-10-18(11-9-15)27(23,24)25-14-16-12-17(13-21(16)20(5)22)26-28(6,7)19(2,3)4;1-13(2,3)20(6,7)19-10-8-11(12(16)18-5)15(9-10)14(4)17;1-10-8-11(9-14(10)13(5)15)16-17(6,7)12(2,3)4;1-5-3-7(9-10-8)4-11(5)6(2)12;1-5-3-7(8)4-9(5)6(2)10;1-5-3-7(10)4-8(5)6(2)9;1-10-6(9)5-2-4(8)3-7-5;1-4-2-5(7)3-6-4;1-2(3)4;1-2;;;;;;;;;;/h8-11,16-17,22H,12-14H2,1-7H3;10-11,17H,8-9H2,1-7H3;10-11,15H,8-9H2,1-7H3;5,7H,2-4H2,1H3;5,7H,2-4,8H2,1H3;5,7,10H,2-4H2,1H3;4-5,7-8H,2-3H2,1H3;4-7H,2-3H2,1H3;1H2,(H,3,4);1-2H3;4*1H3;2*1H;;;;/q;;;3*-1;;;-1;;4*-1;;;;;;/t16-,17+;10-,11+;10-,11-;2*5-,7+;5-,7-;4-,5+;4-,5-;;;;;;;;;;;;/m01111111............/s1. The first kappa shape index (κ1) is 153. The molecule has 8 saturated heterocycles. The maximum Gasteiger partial charge on any atom is 0.377 e. The molecule has 0 aromatic heterocycles. The van der Waals surface area contributed by atoms with Crippen molar-refractivity contribution in [3.8, 4) is 0 Å². The van der Waals surface area contributed by atoms with Gasteiger partial charge in [0.1, 0.15) is 12.1 Å². The molecule has 0 unspecified atom stereocenters. The van der Waals surface area contributed by atoms with Gasteiger partial charge in [0, 0.05) is 237 Å². The molecule has 33 nitrogen and oxygen atoms in total. The van der Waals surface area contributed by atoms with Crippen molar-refractivity contribution < 1.29 is 230 Å². The number of methoxy groups -OCH3 is 2. The monoisotopic (exact) mass is 2260 g/mol. The van der Waals surface area contributed by atoms with Gasteiger partial charge in [-0.3, -0.25) is 25.5 Å². The summed E-state index contributed by atoms with van der Waals surface area (Å²) in [5, 5.41) is 73.9. The molecule has 130 heavy (non-hydrogen) atoms. The number of amides is 3. The molecule has 0 bridgehead atoms. The number of carbonyl (C=O) groups excluding carboxylic acids is 5. The van der Waals surface area contributed by atoms with E-state index in [4.69, 9.17) is 58.7 Å². The Bertz CT molecular complexity index is 3400. The summed E-state index contributed by atoms with van der Waals surface area (Å²) in [6.07, 6.45) is 5.38. The number of aliphatic carboxylic acids is 1. The van der Waals surface area contributed by atoms with Crippen LogP contribution >= 0.6 is 24.8 Å². The smallest absolute Gasteiger partial charge is 0.377 e. The van der Waals surface area contributed by atoms with E-state index in [1.165, 1.54) is 14.2 Å². The van der Waals surface area contributed by atoms with Crippen LogP contribution in [0.5, 0.6) is 0 Å². The molecule has 8 aliphatic rings. The molecule has 1 aromatic rings. The number of ether oxygens (including phenoxy) is 2. The van der Waals surface area contributed by atoms with Crippen molar-refractivity contribution in [1.82, 2.24) is 39.8 Å². The molecule has 9 rings (SSSR count). The maximum atomic E-state index is 12.5. The largest absolute Gasteiger partial charge is 0.503 e. The van der Waals surface area contributed by atoms with Crippen molar-refractivity contribution in [3.05, 3.63) is 97.7 Å². The molecule has 46 heteroatoms. The summed E-state index contributed by atoms with van der Waals surface area (Å²) >= 11 is 0. The molecule has 3 amide bonds. The van der Waals surface area contributed by atoms with Crippen molar-refractivity contribution in [2.45, 2.75) is 346 Å². The maximum absolute atomic E-state index is 12.5. The number of aliphatic hydroxyl groups is 3. The number of azide groups is 1. The van der Waals surface area contributed by atoms with Crippen LogP contribution in [0.3, 0.4) is 0 Å². The number of benzene rings is 1. The van der Waals surface area contributed by atoms with Gasteiger partial charge in [-0.25, -0.2) is 0 Å². The number of carboxylic acids is 1. The van der Waals surface area contributed by atoms with Crippen molar-refractivity contribution in [3.63, 3.8) is 0 Å². The molecule has 0 saturated carbocycles. The number of carboxylic acid groups (broad SMARTS) is 1. The van der Waals surface area contributed by atoms with Crippen molar-refractivity contribution in [2.24, 2.45) is 10.8 Å². The molecule has 11 N–H and O–H groups in total. The van der Waals surface area contributed by atoms with E-state index < -0.39 is 67.3 Å². The fraction of sp³-hybridized carbons (Fsp3) is 0.762. The van der Waals surface area contributed by atoms with Gasteiger partial charge >= 0.3 is 33.1 Å². The Morgan fingerprint density at radius 1 is 0.538 bits per heavy atom. The minimum Gasteiger partial charge on any atom is -0.503 e. The summed E-state index contributed by atoms with van der Waals surface area (Å²) < 4.78 is 58.8. The van der Waals surface area contributed by atoms with Gasteiger partial charge in [-0.15, -0.1) is 24.8 Å². The van der Waals surface area contributed by atoms with E-state index in [0.29, 0.717) is 83.1 Å². The minimum atomic E-state index is -3.83. The van der Waals surface area contributed by atoms with Crippen molar-refractivity contribution in [2.75, 3.05) is 73.2 Å². The van der Waals surface area contributed by atoms with Crippen LogP contribution in [0.15, 0.2) is 34.3 Å². The van der Waals surface area contributed by atoms with E-state index in [2.05, 4.69) is 173 Å². The van der Waals surface area contributed by atoms with Crippen molar-refractivity contribution in [1.29, 1.82) is 0 Å². The summed E-state index contributed by atoms with van der Waals surface area (Å²) in [7, 11) is -8.33. The van der Waals surface area contributed by atoms with Gasteiger partial charge in [-0.1, -0.05) is 106 Å². The van der Waals surface area contributed by atoms with E-state index in [1.807, 2.05) is 53.2 Å². The molecule has 0 aliphatic carbocycles. The summed E-state index contributed by atoms with van der Waals surface area (Å²) in [5.74, 6) is -2.17. The third-order valence-corrected chi connectivity index (χ3v) is 38.5. The Morgan fingerprint density at radius 3 is 1.19 bits per heavy atom. The molecule has 8 aliphatic heterocycles. The number of nitrogens with two attached hydrogens (primary N) is 1. The topological polar surface area (TPSA) is 452 Å². The average Bonchev–Trinajstić information content (AvgIpc) is 1.64. The second-order valence-corrected chi connectivity index (χ2v) is 52.8. The number of likely N-dealkylation sites (tertiary alicyclic amines) is 3. The zero-order chi connectivity index (χ0) is 93.5. The van der Waals surface area contributed by atoms with Crippen LogP contribution < -0.4 is 16.4 Å². The normalized spacial score (nSPS) is 24.7. The summed E-state index contributed by atoms with van der Waals surface area (Å²) in [5.41, 5.74) is 14.8. The first-order valence-electron chi connectivity index (χ1n) is 42.1. The van der Waals surface area contributed by atoms with Crippen LogP contribution in [-0.2, 0) is 197 Å². The third kappa shape index (κ3) is 55.4. The van der Waals surface area contributed by atoms with Crippen LogP contribution in [0.4, 0.5) is 0 Å². The number of nitrogens with zero attached hydrogens (tertiary/aromatic N) is 9. The third-order valence-electron chi connectivity index (χ3n) is 23.6. The molecule has 4 radical (unpaired) electrons. The number of carbonyl (C=O) groups is 6. The fourth-order valence-electron chi connectivity index (χ4n) is 13.9. The number of hydrogen-bond donors (Lipinski definition) is 10. The van der Waals surface area contributed by atoms with Gasteiger partial charge < -0.3 is 169 Å². The average molecular weight is 2260 g/mol. The van der Waals surface area contributed by atoms with Crippen LogP contribution in [0.25, 0.3) is 10.4 Å². The van der Waals surface area contributed by atoms with Crippen LogP contribution in [0, 0.1) is 64.3 Å². The summed E-state index contributed by atoms with van der Waals surface area (Å²) in [6.45, 7) is 71.9. The number of aliphatic hydroxyl groups excluding tert-OH is 3. The predicted molar refractivity (Wildman–Crippen MR) is 522 cm³/mol. The number of esters is 2. The first-order valence-corrected chi connectivity index (χ1v) is 52.2. The molecule has 0 spiro atoms. The van der Waals surface area contributed by atoms with Gasteiger partial charge in [0.05, 0.1) is 86.1 Å². The van der Waals surface area contributed by atoms with Crippen LogP contribution in [-0.4, -0.2) is 325 Å². The zero-order valence-corrected chi connectivity index (χ0v) is 102. The SMILES string of the molecule is CB(O)N1C[C@H](O[Si](C)(C)C(C)(C)C)C[C@H]1C.CB(O)N1C[C@H](O[Si](C)(C)C(C)(C)C)C[C@H]1COS(=O)(=O)c1ccc(C)cc1.CC.COC(=O)[C@@H]1C[C@@H](O)CN1.COC(=O)[C@@H]1C[C@@H](O[Si](C)(C)C(C)(C)C)CN1B(C)O.C[C@@H]1C[C@@H](O)CN1.Cl.Cl.[CH2-]C(=O)N1C[C@@H](N)C[C@H]1C.[CH2-]C(=O)N1C[C@@H](N=[N+]=[N-])C[C@H]1C.[CH2-]C(=O)N1C[C@H](O)C[C@H]1C.[CH2-]C(=O)O.[CH3-].[CH3-].[CH3-].[CH3-].[Y].[Y].[Y].[Y]. The summed E-state index contributed by atoms with van der Waals surface area (Å²) in [6, 6.07) is 7.27. The van der Waals surface area contributed by atoms with E-state index >= 15 is 0 Å². The number of hydrogen-bond acceptors (Lipinski definition) is 27. The van der Waals surface area contributed by atoms with E-state index in [1.54, 1.807) is 57.4 Å². The fourth-order valence-corrected chi connectivity index (χ4v) is 18.9. The Kier molecular flexibility index (Phi) is 83.9. The summed E-state index contributed by atoms with van der Waals surface area (Å²) in [4.78, 5) is 77.3.